The van der Waals surface area contributed by atoms with Crippen molar-refractivity contribution in [3.63, 3.8) is 0 Å². The molecule has 0 aliphatic heterocycles. The summed E-state index contributed by atoms with van der Waals surface area (Å²) in [6.07, 6.45) is 0.528. The fourth-order valence-corrected chi connectivity index (χ4v) is 0.941. The lowest BCUT2D eigenvalue weighted by Gasteiger charge is -1.97. The molecular weight excluding hydrogens is 170 g/mol. The number of benzene rings is 1. The van der Waals surface area contributed by atoms with Gasteiger partial charge in [-0.1, -0.05) is 6.07 Å². The molecule has 0 unspecified atom stereocenters. The molecule has 0 atom stereocenters. The predicted molar refractivity (Wildman–Crippen MR) is 47.3 cm³/mol. The van der Waals surface area contributed by atoms with Crippen LogP contribution in [-0.2, 0) is 0 Å². The number of hydrogen-bond acceptors (Lipinski definition) is 4. The molecule has 0 N–H and O–H groups in total. The molecule has 66 valence electrons. The first-order valence-electron chi connectivity index (χ1n) is 3.62. The van der Waals surface area contributed by atoms with Gasteiger partial charge in [0.2, 0.25) is 0 Å². The van der Waals surface area contributed by atoms with Gasteiger partial charge in [-0.3, -0.25) is 9.59 Å². The Kier molecular flexibility index (Phi) is 2.64. The largest absolute Gasteiger partial charge is 0.298 e. The highest BCUT2D eigenvalue weighted by Gasteiger charge is 2.05. The number of carbonyl (C=O) groups excluding carboxylic acids is 2. The smallest absolute Gasteiger partial charge is 0.159 e. The summed E-state index contributed by atoms with van der Waals surface area (Å²) in [7, 11) is 0. The number of ketones is 1. The van der Waals surface area contributed by atoms with E-state index in [0.717, 1.165) is 0 Å². The third-order valence-electron chi connectivity index (χ3n) is 1.66. The summed E-state index contributed by atoms with van der Waals surface area (Å²) in [5, 5.41) is 2.65. The normalized spacial score (nSPS) is 9.31. The minimum absolute atomic E-state index is 0.00250. The van der Waals surface area contributed by atoms with Crippen molar-refractivity contribution in [3.8, 4) is 0 Å². The van der Waals surface area contributed by atoms with Crippen LogP contribution in [0.2, 0.25) is 0 Å². The Morgan fingerprint density at radius 2 is 2.15 bits per heavy atom. The number of nitroso groups, excluding NO2 is 1. The van der Waals surface area contributed by atoms with E-state index in [1.807, 2.05) is 0 Å². The van der Waals surface area contributed by atoms with E-state index in [0.29, 0.717) is 11.8 Å². The van der Waals surface area contributed by atoms with Crippen LogP contribution in [-0.4, -0.2) is 12.1 Å². The highest BCUT2D eigenvalue weighted by atomic mass is 16.3. The molecule has 13 heavy (non-hydrogen) atoms. The molecule has 1 aromatic rings. The third kappa shape index (κ3) is 1.84. The fourth-order valence-electron chi connectivity index (χ4n) is 0.941. The molecule has 0 aliphatic carbocycles. The molecule has 1 rings (SSSR count). The molecule has 0 radical (unpaired) electrons. The number of Topliss-reactive ketones (excluding diaryl/α,β-unsaturated/α-hetero) is 1. The number of rotatable bonds is 3. The fraction of sp³-hybridized carbons (Fsp3) is 0.111. The van der Waals surface area contributed by atoms with Gasteiger partial charge >= 0.3 is 0 Å². The molecule has 0 aromatic heterocycles. The van der Waals surface area contributed by atoms with Crippen LogP contribution in [0.5, 0.6) is 0 Å². The standard InChI is InChI=1S/C9H7NO3/c1-6(12)7-2-3-8(5-11)9(4-7)10-13/h2-5H,1H3. The molecule has 0 spiro atoms. The highest BCUT2D eigenvalue weighted by molar-refractivity contribution is 5.96. The van der Waals surface area contributed by atoms with Gasteiger partial charge in [-0.2, -0.15) is 0 Å². The first kappa shape index (κ1) is 9.25. The first-order chi connectivity index (χ1) is 6.19. The molecule has 1 aromatic carbocycles. The van der Waals surface area contributed by atoms with Crippen molar-refractivity contribution in [2.24, 2.45) is 5.18 Å². The maximum Gasteiger partial charge on any atom is 0.159 e. The quantitative estimate of drug-likeness (QED) is 0.403. The van der Waals surface area contributed by atoms with Crippen LogP contribution in [0.25, 0.3) is 0 Å². The highest BCUT2D eigenvalue weighted by Crippen LogP contribution is 2.19. The van der Waals surface area contributed by atoms with E-state index >= 15 is 0 Å². The van der Waals surface area contributed by atoms with Crippen molar-refractivity contribution in [2.45, 2.75) is 6.92 Å². The predicted octanol–water partition coefficient (Wildman–Crippen LogP) is 2.10. The van der Waals surface area contributed by atoms with E-state index in [4.69, 9.17) is 0 Å². The van der Waals surface area contributed by atoms with Crippen molar-refractivity contribution >= 4 is 17.8 Å². The molecule has 0 aliphatic rings. The second kappa shape index (κ2) is 3.71. The zero-order valence-corrected chi connectivity index (χ0v) is 6.98. The summed E-state index contributed by atoms with van der Waals surface area (Å²) in [5.41, 5.74) is 0.572. The Morgan fingerprint density at radius 1 is 1.46 bits per heavy atom. The van der Waals surface area contributed by atoms with Crippen LogP contribution in [0.3, 0.4) is 0 Å². The lowest BCUT2D eigenvalue weighted by Crippen LogP contribution is -1.92. The molecule has 0 fully saturated rings. The second-order valence-corrected chi connectivity index (χ2v) is 2.54. The summed E-state index contributed by atoms with van der Waals surface area (Å²) in [5.74, 6) is -0.164. The summed E-state index contributed by atoms with van der Waals surface area (Å²) < 4.78 is 0. The first-order valence-corrected chi connectivity index (χ1v) is 3.62. The van der Waals surface area contributed by atoms with Crippen molar-refractivity contribution in [1.29, 1.82) is 0 Å². The van der Waals surface area contributed by atoms with Gasteiger partial charge in [0.25, 0.3) is 0 Å². The number of hydrogen-bond donors (Lipinski definition) is 0. The minimum Gasteiger partial charge on any atom is -0.298 e. The lowest BCUT2D eigenvalue weighted by atomic mass is 10.1. The average Bonchev–Trinajstić information content (AvgIpc) is 2.16. The van der Waals surface area contributed by atoms with Gasteiger partial charge in [-0.25, -0.2) is 0 Å². The van der Waals surface area contributed by atoms with E-state index in [2.05, 4.69) is 5.18 Å². The zero-order chi connectivity index (χ0) is 9.84. The van der Waals surface area contributed by atoms with Crippen LogP contribution in [0.1, 0.15) is 27.6 Å². The summed E-state index contributed by atoms with van der Waals surface area (Å²) in [6.45, 7) is 1.38. The van der Waals surface area contributed by atoms with Crippen molar-refractivity contribution in [2.75, 3.05) is 0 Å². The Labute approximate surface area is 74.5 Å². The van der Waals surface area contributed by atoms with Gasteiger partial charge in [-0.15, -0.1) is 4.91 Å². The summed E-state index contributed by atoms with van der Waals surface area (Å²) >= 11 is 0. The van der Waals surface area contributed by atoms with Crippen LogP contribution in [0.4, 0.5) is 5.69 Å². The van der Waals surface area contributed by atoms with E-state index in [-0.39, 0.29) is 17.0 Å². The Bertz CT molecular complexity index is 371. The molecule has 0 bridgehead atoms. The molecule has 0 heterocycles. The summed E-state index contributed by atoms with van der Waals surface area (Å²) in [6, 6.07) is 4.19. The number of carbonyl (C=O) groups is 2. The SMILES string of the molecule is CC(=O)c1ccc(C=O)c(N=O)c1. The maximum absolute atomic E-state index is 10.9. The van der Waals surface area contributed by atoms with Crippen LogP contribution >= 0.6 is 0 Å². The third-order valence-corrected chi connectivity index (χ3v) is 1.66. The van der Waals surface area contributed by atoms with Gasteiger partial charge in [0.05, 0.1) is 0 Å². The van der Waals surface area contributed by atoms with Gasteiger partial charge < -0.3 is 0 Å². The van der Waals surface area contributed by atoms with Crippen LogP contribution in [0.15, 0.2) is 23.4 Å². The molecular formula is C9H7NO3. The lowest BCUT2D eigenvalue weighted by molar-refractivity contribution is 0.101. The van der Waals surface area contributed by atoms with Crippen molar-refractivity contribution in [3.05, 3.63) is 34.2 Å². The van der Waals surface area contributed by atoms with E-state index in [1.54, 1.807) is 0 Å². The summed E-state index contributed by atoms with van der Waals surface area (Å²) in [4.78, 5) is 31.5. The Hall–Kier alpha value is -1.84. The Balaban J connectivity index is 3.28. The van der Waals surface area contributed by atoms with Crippen molar-refractivity contribution < 1.29 is 9.59 Å². The minimum atomic E-state index is -0.164. The molecule has 0 saturated heterocycles. The number of nitrogens with zero attached hydrogens (tertiary/aromatic N) is 1. The van der Waals surface area contributed by atoms with E-state index < -0.39 is 0 Å². The van der Waals surface area contributed by atoms with E-state index in [9.17, 15) is 14.5 Å². The average molecular weight is 177 g/mol. The number of aldehydes is 1. The Morgan fingerprint density at radius 3 is 2.62 bits per heavy atom. The van der Waals surface area contributed by atoms with E-state index in [1.165, 1.54) is 25.1 Å². The van der Waals surface area contributed by atoms with Crippen LogP contribution < -0.4 is 0 Å². The maximum atomic E-state index is 10.9. The molecule has 4 nitrogen and oxygen atoms in total. The molecule has 4 heteroatoms. The van der Waals surface area contributed by atoms with Gasteiger partial charge in [0.15, 0.2) is 12.1 Å². The topological polar surface area (TPSA) is 63.6 Å². The molecule has 0 amide bonds. The van der Waals surface area contributed by atoms with Gasteiger partial charge in [0.1, 0.15) is 5.69 Å². The molecule has 0 saturated carbocycles. The van der Waals surface area contributed by atoms with Gasteiger partial charge in [-0.05, 0) is 24.2 Å². The zero-order valence-electron chi connectivity index (χ0n) is 6.98. The van der Waals surface area contributed by atoms with Crippen LogP contribution in [0, 0.1) is 4.91 Å². The monoisotopic (exact) mass is 177 g/mol. The van der Waals surface area contributed by atoms with Crippen molar-refractivity contribution in [1.82, 2.24) is 0 Å². The van der Waals surface area contributed by atoms with Gasteiger partial charge in [0, 0.05) is 11.1 Å². The second-order valence-electron chi connectivity index (χ2n) is 2.54.